The van der Waals surface area contributed by atoms with Crippen molar-refractivity contribution in [3.05, 3.63) is 81.6 Å². The Hall–Kier alpha value is -2.73. The molecule has 0 saturated heterocycles. The molecule has 0 radical (unpaired) electrons. The van der Waals surface area contributed by atoms with Crippen molar-refractivity contribution in [1.82, 2.24) is 10.3 Å². The smallest absolute Gasteiger partial charge is 0.226 e. The summed E-state index contributed by atoms with van der Waals surface area (Å²) in [7, 11) is 0. The largest absolute Gasteiger partial charge is 0.486 e. The van der Waals surface area contributed by atoms with Gasteiger partial charge in [0.05, 0.1) is 12.1 Å². The molecule has 6 heteroatoms. The number of benzene rings is 2. The number of hydrogen-bond acceptors (Lipinski definition) is 4. The average Bonchev–Trinajstić information content (AvgIpc) is 3.10. The molecule has 1 heterocycles. The van der Waals surface area contributed by atoms with E-state index in [-0.39, 0.29) is 18.1 Å². The van der Waals surface area contributed by atoms with Crippen LogP contribution in [0.3, 0.4) is 0 Å². The number of aryl methyl sites for hydroxylation is 1. The molecule has 0 saturated carbocycles. The second-order valence-corrected chi connectivity index (χ2v) is 7.15. The van der Waals surface area contributed by atoms with Gasteiger partial charge in [0.15, 0.2) is 0 Å². The Morgan fingerprint density at radius 3 is 2.74 bits per heavy atom. The van der Waals surface area contributed by atoms with Gasteiger partial charge in [-0.05, 0) is 37.1 Å². The van der Waals surface area contributed by atoms with E-state index in [1.165, 1.54) is 23.0 Å². The summed E-state index contributed by atoms with van der Waals surface area (Å²) >= 11 is 1.47. The molecule has 4 nitrogen and oxygen atoms in total. The van der Waals surface area contributed by atoms with Crippen LogP contribution >= 0.6 is 11.3 Å². The highest BCUT2D eigenvalue weighted by atomic mass is 32.1. The van der Waals surface area contributed by atoms with Gasteiger partial charge in [0.2, 0.25) is 5.91 Å². The Labute approximate surface area is 162 Å². The lowest BCUT2D eigenvalue weighted by Crippen LogP contribution is -2.27. The van der Waals surface area contributed by atoms with Crippen molar-refractivity contribution in [2.24, 2.45) is 0 Å². The van der Waals surface area contributed by atoms with Crippen molar-refractivity contribution in [3.63, 3.8) is 0 Å². The molecule has 0 aliphatic heterocycles. The number of amides is 1. The Kier molecular flexibility index (Phi) is 6.54. The van der Waals surface area contributed by atoms with Crippen molar-refractivity contribution in [3.8, 4) is 5.75 Å². The van der Waals surface area contributed by atoms with Gasteiger partial charge in [0.1, 0.15) is 23.2 Å². The summed E-state index contributed by atoms with van der Waals surface area (Å²) < 4.78 is 19.2. The minimum atomic E-state index is -0.246. The molecule has 3 rings (SSSR count). The minimum absolute atomic E-state index is 0.123. The van der Waals surface area contributed by atoms with E-state index >= 15 is 0 Å². The number of carbonyl (C=O) groups is 1. The van der Waals surface area contributed by atoms with E-state index in [0.717, 1.165) is 10.8 Å². The molecular formula is C21H21FN2O2S. The highest BCUT2D eigenvalue weighted by molar-refractivity contribution is 7.09. The highest BCUT2D eigenvalue weighted by Gasteiger charge is 2.09. The van der Waals surface area contributed by atoms with Crippen LogP contribution in [-0.2, 0) is 24.2 Å². The van der Waals surface area contributed by atoms with Crippen LogP contribution in [0.15, 0.2) is 53.9 Å². The molecule has 140 valence electrons. The summed E-state index contributed by atoms with van der Waals surface area (Å²) in [4.78, 5) is 16.5. The maximum absolute atomic E-state index is 13.5. The van der Waals surface area contributed by atoms with Gasteiger partial charge >= 0.3 is 0 Å². The number of halogens is 1. The minimum Gasteiger partial charge on any atom is -0.486 e. The van der Waals surface area contributed by atoms with Gasteiger partial charge in [-0.2, -0.15) is 0 Å². The number of hydrogen-bond donors (Lipinski definition) is 1. The summed E-state index contributed by atoms with van der Waals surface area (Å²) in [6.45, 7) is 2.80. The first-order valence-electron chi connectivity index (χ1n) is 8.73. The quantitative estimate of drug-likeness (QED) is 0.637. The van der Waals surface area contributed by atoms with Crippen molar-refractivity contribution in [2.45, 2.75) is 26.4 Å². The van der Waals surface area contributed by atoms with Crippen molar-refractivity contribution in [1.29, 1.82) is 0 Å². The lowest BCUT2D eigenvalue weighted by atomic mass is 10.1. The van der Waals surface area contributed by atoms with E-state index in [2.05, 4.69) is 10.3 Å². The second kappa shape index (κ2) is 9.28. The summed E-state index contributed by atoms with van der Waals surface area (Å²) in [6, 6.07) is 14.4. The van der Waals surface area contributed by atoms with E-state index in [1.807, 2.05) is 36.6 Å². The number of ether oxygens (including phenoxy) is 1. The molecule has 3 aromatic rings. The standard InChI is InChI=1S/C21H21FN2O2S/c1-15-6-8-18(9-7-15)26-13-21-24-17(14-27-21)12-20(25)23-11-10-16-4-2-3-5-19(16)22/h2-9,14H,10-13H2,1H3,(H,23,25). The van der Waals surface area contributed by atoms with Gasteiger partial charge < -0.3 is 10.1 Å². The second-order valence-electron chi connectivity index (χ2n) is 6.20. The van der Waals surface area contributed by atoms with Crippen LogP contribution in [0.5, 0.6) is 5.75 Å². The van der Waals surface area contributed by atoms with Gasteiger partial charge in [0.25, 0.3) is 0 Å². The third-order valence-corrected chi connectivity index (χ3v) is 4.87. The predicted molar refractivity (Wildman–Crippen MR) is 104 cm³/mol. The van der Waals surface area contributed by atoms with Gasteiger partial charge in [-0.3, -0.25) is 4.79 Å². The first kappa shape index (κ1) is 19.0. The summed E-state index contributed by atoms with van der Waals surface area (Å²) in [5.74, 6) is 0.426. The van der Waals surface area contributed by atoms with E-state index in [9.17, 15) is 9.18 Å². The van der Waals surface area contributed by atoms with Crippen LogP contribution in [0.1, 0.15) is 21.8 Å². The van der Waals surface area contributed by atoms with E-state index in [0.29, 0.717) is 30.8 Å². The van der Waals surface area contributed by atoms with Crippen LogP contribution in [0, 0.1) is 12.7 Å². The molecule has 2 aromatic carbocycles. The Morgan fingerprint density at radius 1 is 1.19 bits per heavy atom. The van der Waals surface area contributed by atoms with Gasteiger partial charge in [-0.1, -0.05) is 35.9 Å². The topological polar surface area (TPSA) is 51.2 Å². The number of nitrogens with zero attached hydrogens (tertiary/aromatic N) is 1. The fourth-order valence-corrected chi connectivity index (χ4v) is 3.25. The highest BCUT2D eigenvalue weighted by Crippen LogP contribution is 2.16. The predicted octanol–water partition coefficient (Wildman–Crippen LogP) is 4.07. The van der Waals surface area contributed by atoms with Crippen LogP contribution in [0.25, 0.3) is 0 Å². The number of thiazole rings is 1. The van der Waals surface area contributed by atoms with Crippen molar-refractivity contribution < 1.29 is 13.9 Å². The normalized spacial score (nSPS) is 10.6. The zero-order valence-electron chi connectivity index (χ0n) is 15.1. The zero-order valence-corrected chi connectivity index (χ0v) is 15.9. The molecule has 0 aliphatic rings. The monoisotopic (exact) mass is 384 g/mol. The molecule has 1 N–H and O–H groups in total. The molecule has 0 atom stereocenters. The fourth-order valence-electron chi connectivity index (χ4n) is 2.54. The molecule has 0 unspecified atom stereocenters. The first-order chi connectivity index (χ1) is 13.1. The molecule has 0 bridgehead atoms. The van der Waals surface area contributed by atoms with E-state index < -0.39 is 0 Å². The lowest BCUT2D eigenvalue weighted by Gasteiger charge is -2.05. The summed E-state index contributed by atoms with van der Waals surface area (Å²) in [5, 5.41) is 5.50. The van der Waals surface area contributed by atoms with Crippen LogP contribution in [-0.4, -0.2) is 17.4 Å². The Bertz CT molecular complexity index is 893. The molecule has 0 aliphatic carbocycles. The maximum atomic E-state index is 13.5. The van der Waals surface area contributed by atoms with Crippen LogP contribution in [0.2, 0.25) is 0 Å². The SMILES string of the molecule is Cc1ccc(OCc2nc(CC(=O)NCCc3ccccc3F)cs2)cc1. The molecule has 0 spiro atoms. The molecule has 1 amide bonds. The third-order valence-electron chi connectivity index (χ3n) is 4.00. The molecule has 1 aromatic heterocycles. The van der Waals surface area contributed by atoms with Crippen molar-refractivity contribution in [2.75, 3.05) is 6.54 Å². The van der Waals surface area contributed by atoms with Crippen LogP contribution < -0.4 is 10.1 Å². The number of carbonyl (C=O) groups excluding carboxylic acids is 1. The molecule has 0 fully saturated rings. The van der Waals surface area contributed by atoms with Gasteiger partial charge in [-0.15, -0.1) is 11.3 Å². The Balaban J connectivity index is 1.42. The molecular weight excluding hydrogens is 363 g/mol. The fraction of sp³-hybridized carbons (Fsp3) is 0.238. The van der Waals surface area contributed by atoms with Gasteiger partial charge in [-0.25, -0.2) is 9.37 Å². The number of aromatic nitrogens is 1. The number of rotatable bonds is 8. The number of nitrogens with one attached hydrogen (secondary N) is 1. The Morgan fingerprint density at radius 2 is 1.96 bits per heavy atom. The summed E-state index contributed by atoms with van der Waals surface area (Å²) in [5.41, 5.74) is 2.49. The maximum Gasteiger partial charge on any atom is 0.226 e. The third kappa shape index (κ3) is 5.89. The zero-order chi connectivity index (χ0) is 19.1. The molecule has 27 heavy (non-hydrogen) atoms. The van der Waals surface area contributed by atoms with E-state index in [1.54, 1.807) is 18.2 Å². The summed E-state index contributed by atoms with van der Waals surface area (Å²) in [6.07, 6.45) is 0.670. The first-order valence-corrected chi connectivity index (χ1v) is 9.61. The van der Waals surface area contributed by atoms with Gasteiger partial charge in [0, 0.05) is 11.9 Å². The average molecular weight is 384 g/mol. The van der Waals surface area contributed by atoms with E-state index in [4.69, 9.17) is 4.74 Å². The lowest BCUT2D eigenvalue weighted by molar-refractivity contribution is -0.120. The van der Waals surface area contributed by atoms with Crippen LogP contribution in [0.4, 0.5) is 4.39 Å². The van der Waals surface area contributed by atoms with Crippen molar-refractivity contribution >= 4 is 17.2 Å².